The van der Waals surface area contributed by atoms with Crippen LogP contribution in [-0.4, -0.2) is 23.9 Å². The fourth-order valence-corrected chi connectivity index (χ4v) is 3.86. The van der Waals surface area contributed by atoms with E-state index in [1.54, 1.807) is 0 Å². The topological polar surface area (TPSA) is 20.3 Å². The summed E-state index contributed by atoms with van der Waals surface area (Å²) in [7, 11) is 0. The largest absolute Gasteiger partial charge is 0.342 e. The molecule has 2 heteroatoms. The van der Waals surface area contributed by atoms with Crippen LogP contribution in [0.2, 0.25) is 0 Å². The molecule has 1 saturated heterocycles. The second-order valence-corrected chi connectivity index (χ2v) is 7.14. The summed E-state index contributed by atoms with van der Waals surface area (Å²) in [5, 5.41) is 0. The van der Waals surface area contributed by atoms with Crippen LogP contribution >= 0.6 is 0 Å². The Morgan fingerprint density at radius 2 is 1.71 bits per heavy atom. The number of carbonyl (C=O) groups is 1. The zero-order chi connectivity index (χ0) is 16.9. The molecule has 1 unspecified atom stereocenters. The van der Waals surface area contributed by atoms with Crippen LogP contribution in [0.3, 0.4) is 0 Å². The van der Waals surface area contributed by atoms with Crippen molar-refractivity contribution in [3.8, 4) is 0 Å². The molecule has 126 valence electrons. The molecule has 0 aromatic heterocycles. The monoisotopic (exact) mass is 321 g/mol. The summed E-state index contributed by atoms with van der Waals surface area (Å²) in [6.45, 7) is 6.18. The maximum Gasteiger partial charge on any atom is 0.223 e. The van der Waals surface area contributed by atoms with Crippen molar-refractivity contribution in [3.05, 3.63) is 71.8 Å². The van der Waals surface area contributed by atoms with Gasteiger partial charge < -0.3 is 4.90 Å². The summed E-state index contributed by atoms with van der Waals surface area (Å²) < 4.78 is 0. The Bertz CT molecular complexity index is 652. The Hall–Kier alpha value is -2.09. The molecule has 1 aliphatic rings. The number of likely N-dealkylation sites (tertiary alicyclic amines) is 1. The lowest BCUT2D eigenvalue weighted by atomic mass is 9.81. The van der Waals surface area contributed by atoms with Gasteiger partial charge in [-0.3, -0.25) is 4.79 Å². The predicted octanol–water partition coefficient (Wildman–Crippen LogP) is 4.83. The summed E-state index contributed by atoms with van der Waals surface area (Å²) in [5.74, 6) is 1.66. The van der Waals surface area contributed by atoms with E-state index in [4.69, 9.17) is 0 Å². The Balaban J connectivity index is 1.58. The molecule has 0 bridgehead atoms. The highest BCUT2D eigenvalue weighted by atomic mass is 16.2. The zero-order valence-corrected chi connectivity index (χ0v) is 14.7. The number of nitrogens with zero attached hydrogens (tertiary/aromatic N) is 1. The summed E-state index contributed by atoms with van der Waals surface area (Å²) >= 11 is 0. The summed E-state index contributed by atoms with van der Waals surface area (Å²) in [5.41, 5.74) is 2.66. The quantitative estimate of drug-likeness (QED) is 0.789. The van der Waals surface area contributed by atoms with E-state index in [0.717, 1.165) is 19.5 Å². The molecular weight excluding hydrogens is 294 g/mol. The van der Waals surface area contributed by atoms with Crippen molar-refractivity contribution in [3.63, 3.8) is 0 Å². The third-order valence-electron chi connectivity index (χ3n) is 5.34. The standard InChI is InChI=1S/C22H27NO/c1-17(19-9-5-3-6-10-19)15-22(24)23-14-13-21(18(2)16-23)20-11-7-4-8-12-20/h3-12,17-18,21H,13-16H2,1-2H3/t17?,18-,21-/m1/s1. The maximum absolute atomic E-state index is 12.7. The molecule has 0 aliphatic carbocycles. The van der Waals surface area contributed by atoms with Crippen molar-refractivity contribution < 1.29 is 4.79 Å². The van der Waals surface area contributed by atoms with Crippen molar-refractivity contribution in [2.75, 3.05) is 13.1 Å². The van der Waals surface area contributed by atoms with E-state index < -0.39 is 0 Å². The van der Waals surface area contributed by atoms with Gasteiger partial charge in [-0.1, -0.05) is 74.5 Å². The number of rotatable bonds is 4. The number of amides is 1. The van der Waals surface area contributed by atoms with Crippen LogP contribution in [0.1, 0.15) is 49.7 Å². The van der Waals surface area contributed by atoms with E-state index >= 15 is 0 Å². The minimum atomic E-state index is 0.279. The predicted molar refractivity (Wildman–Crippen MR) is 99.0 cm³/mol. The minimum absolute atomic E-state index is 0.279. The van der Waals surface area contributed by atoms with Gasteiger partial charge in [0.05, 0.1) is 0 Å². The number of hydrogen-bond donors (Lipinski definition) is 0. The number of carbonyl (C=O) groups excluding carboxylic acids is 1. The van der Waals surface area contributed by atoms with Gasteiger partial charge in [0.15, 0.2) is 0 Å². The van der Waals surface area contributed by atoms with E-state index in [1.807, 2.05) is 18.2 Å². The number of benzene rings is 2. The molecule has 3 rings (SSSR count). The first-order valence-corrected chi connectivity index (χ1v) is 9.03. The molecular formula is C22H27NO. The molecule has 1 fully saturated rings. The first-order valence-electron chi connectivity index (χ1n) is 9.03. The third kappa shape index (κ3) is 3.87. The average molecular weight is 321 g/mol. The van der Waals surface area contributed by atoms with Gasteiger partial charge in [-0.15, -0.1) is 0 Å². The minimum Gasteiger partial charge on any atom is -0.342 e. The second kappa shape index (κ2) is 7.65. The normalized spacial score (nSPS) is 22.2. The molecule has 1 aliphatic heterocycles. The van der Waals surface area contributed by atoms with Gasteiger partial charge in [-0.25, -0.2) is 0 Å². The van der Waals surface area contributed by atoms with Crippen LogP contribution < -0.4 is 0 Å². The molecule has 2 nitrogen and oxygen atoms in total. The lowest BCUT2D eigenvalue weighted by Gasteiger charge is -2.37. The zero-order valence-electron chi connectivity index (χ0n) is 14.7. The van der Waals surface area contributed by atoms with Gasteiger partial charge in [0.1, 0.15) is 0 Å². The van der Waals surface area contributed by atoms with Crippen LogP contribution in [0.25, 0.3) is 0 Å². The first kappa shape index (κ1) is 16.8. The Labute approximate surface area is 145 Å². The average Bonchev–Trinajstić information content (AvgIpc) is 2.63. The van der Waals surface area contributed by atoms with Crippen LogP contribution in [0.15, 0.2) is 60.7 Å². The summed E-state index contributed by atoms with van der Waals surface area (Å²) in [6, 6.07) is 21.1. The number of piperidine rings is 1. The molecule has 1 amide bonds. The van der Waals surface area contributed by atoms with E-state index in [0.29, 0.717) is 24.2 Å². The van der Waals surface area contributed by atoms with Gasteiger partial charge >= 0.3 is 0 Å². The third-order valence-corrected chi connectivity index (χ3v) is 5.34. The number of hydrogen-bond acceptors (Lipinski definition) is 1. The van der Waals surface area contributed by atoms with Gasteiger partial charge in [0.2, 0.25) is 5.91 Å². The van der Waals surface area contributed by atoms with E-state index in [9.17, 15) is 4.79 Å². The van der Waals surface area contributed by atoms with Crippen molar-refractivity contribution in [1.82, 2.24) is 4.90 Å². The Morgan fingerprint density at radius 3 is 2.33 bits per heavy atom. The van der Waals surface area contributed by atoms with E-state index in [1.165, 1.54) is 11.1 Å². The highest BCUT2D eigenvalue weighted by Crippen LogP contribution is 2.33. The molecule has 0 saturated carbocycles. The Kier molecular flexibility index (Phi) is 5.34. The van der Waals surface area contributed by atoms with Gasteiger partial charge in [-0.2, -0.15) is 0 Å². The van der Waals surface area contributed by atoms with E-state index in [2.05, 4.69) is 61.2 Å². The van der Waals surface area contributed by atoms with Crippen LogP contribution in [0, 0.1) is 5.92 Å². The molecule has 0 spiro atoms. The summed E-state index contributed by atoms with van der Waals surface area (Å²) in [6.07, 6.45) is 1.67. The van der Waals surface area contributed by atoms with Crippen molar-refractivity contribution in [2.45, 2.75) is 38.5 Å². The van der Waals surface area contributed by atoms with Crippen LogP contribution in [-0.2, 0) is 4.79 Å². The highest BCUT2D eigenvalue weighted by Gasteiger charge is 2.29. The molecule has 1 heterocycles. The van der Waals surface area contributed by atoms with Crippen molar-refractivity contribution >= 4 is 5.91 Å². The smallest absolute Gasteiger partial charge is 0.223 e. The molecule has 3 atom stereocenters. The van der Waals surface area contributed by atoms with Gasteiger partial charge in [-0.05, 0) is 35.3 Å². The second-order valence-electron chi connectivity index (χ2n) is 7.14. The SMILES string of the molecule is CC(CC(=O)N1CC[C@@H](c2ccccc2)[C@H](C)C1)c1ccccc1. The van der Waals surface area contributed by atoms with Crippen molar-refractivity contribution in [2.24, 2.45) is 5.92 Å². The fraction of sp³-hybridized carbons (Fsp3) is 0.409. The molecule has 0 radical (unpaired) electrons. The van der Waals surface area contributed by atoms with Gasteiger partial charge in [0, 0.05) is 19.5 Å². The molecule has 2 aromatic rings. The van der Waals surface area contributed by atoms with E-state index in [-0.39, 0.29) is 5.92 Å². The van der Waals surface area contributed by atoms with Crippen LogP contribution in [0.5, 0.6) is 0 Å². The lowest BCUT2D eigenvalue weighted by Crippen LogP contribution is -2.42. The Morgan fingerprint density at radius 1 is 1.08 bits per heavy atom. The molecule has 2 aromatic carbocycles. The lowest BCUT2D eigenvalue weighted by molar-refractivity contribution is -0.133. The maximum atomic E-state index is 12.7. The molecule has 0 N–H and O–H groups in total. The van der Waals surface area contributed by atoms with Crippen molar-refractivity contribution in [1.29, 1.82) is 0 Å². The first-order chi connectivity index (χ1) is 11.6. The fourth-order valence-electron chi connectivity index (χ4n) is 3.86. The van der Waals surface area contributed by atoms with Crippen LogP contribution in [0.4, 0.5) is 0 Å². The summed E-state index contributed by atoms with van der Waals surface area (Å²) in [4.78, 5) is 14.8. The van der Waals surface area contributed by atoms with Gasteiger partial charge in [0.25, 0.3) is 0 Å². The highest BCUT2D eigenvalue weighted by molar-refractivity contribution is 5.77. The molecule has 24 heavy (non-hydrogen) atoms.